The molecule has 3 heteroatoms. The van der Waals surface area contributed by atoms with Gasteiger partial charge in [-0.25, -0.2) is 0 Å². The highest BCUT2D eigenvalue weighted by atomic mass is 15.3. The summed E-state index contributed by atoms with van der Waals surface area (Å²) >= 11 is 0. The zero-order valence-corrected chi connectivity index (χ0v) is 13.0. The first-order chi connectivity index (χ1) is 9.22. The lowest BCUT2D eigenvalue weighted by atomic mass is 9.84. The monoisotopic (exact) mass is 267 g/mol. The van der Waals surface area contributed by atoms with Gasteiger partial charge in [0.2, 0.25) is 0 Å². The maximum Gasteiger partial charge on any atom is 0.0358 e. The molecular formula is C16H33N3. The third-order valence-corrected chi connectivity index (χ3v) is 5.37. The topological polar surface area (TPSA) is 32.5 Å². The van der Waals surface area contributed by atoms with E-state index in [1.54, 1.807) is 0 Å². The second-order valence-corrected chi connectivity index (χ2v) is 6.66. The first kappa shape index (κ1) is 15.3. The highest BCUT2D eigenvalue weighted by Crippen LogP contribution is 2.33. The molecule has 112 valence electrons. The average molecular weight is 267 g/mol. The Morgan fingerprint density at radius 3 is 2.47 bits per heavy atom. The van der Waals surface area contributed by atoms with Crippen molar-refractivity contribution in [3.8, 4) is 0 Å². The molecule has 2 rings (SSSR count). The SMILES string of the molecule is CCCN1CCC(CN)(N2CCCCCC2C)CC1. The molecule has 0 aromatic heterocycles. The van der Waals surface area contributed by atoms with Crippen molar-refractivity contribution in [3.63, 3.8) is 0 Å². The van der Waals surface area contributed by atoms with Gasteiger partial charge < -0.3 is 10.6 Å². The molecule has 0 saturated carbocycles. The fourth-order valence-corrected chi connectivity index (χ4v) is 4.10. The van der Waals surface area contributed by atoms with Gasteiger partial charge >= 0.3 is 0 Å². The molecule has 0 spiro atoms. The summed E-state index contributed by atoms with van der Waals surface area (Å²) in [5, 5.41) is 0. The van der Waals surface area contributed by atoms with Crippen molar-refractivity contribution in [1.82, 2.24) is 9.80 Å². The third-order valence-electron chi connectivity index (χ3n) is 5.37. The predicted molar refractivity (Wildman–Crippen MR) is 82.4 cm³/mol. The number of likely N-dealkylation sites (tertiary alicyclic amines) is 2. The molecule has 0 amide bonds. The standard InChI is InChI=1S/C16H33N3/c1-3-10-18-12-8-16(14-17,9-13-18)19-11-6-4-5-7-15(19)2/h15H,3-14,17H2,1-2H3. The van der Waals surface area contributed by atoms with Crippen LogP contribution in [0, 0.1) is 0 Å². The third kappa shape index (κ3) is 3.50. The van der Waals surface area contributed by atoms with Gasteiger partial charge in [-0.15, -0.1) is 0 Å². The fraction of sp³-hybridized carbons (Fsp3) is 1.00. The lowest BCUT2D eigenvalue weighted by molar-refractivity contribution is 0.00304. The van der Waals surface area contributed by atoms with Crippen LogP contribution < -0.4 is 5.73 Å². The number of piperidine rings is 1. The summed E-state index contributed by atoms with van der Waals surface area (Å²) in [6, 6.07) is 0.726. The van der Waals surface area contributed by atoms with Gasteiger partial charge in [-0.2, -0.15) is 0 Å². The molecule has 2 saturated heterocycles. The summed E-state index contributed by atoms with van der Waals surface area (Å²) in [7, 11) is 0. The minimum absolute atomic E-state index is 0.300. The summed E-state index contributed by atoms with van der Waals surface area (Å²) in [5.74, 6) is 0. The molecule has 2 fully saturated rings. The van der Waals surface area contributed by atoms with Gasteiger partial charge in [-0.05, 0) is 65.2 Å². The molecule has 3 nitrogen and oxygen atoms in total. The molecule has 0 aromatic rings. The molecule has 1 atom stereocenters. The van der Waals surface area contributed by atoms with Crippen LogP contribution in [0.3, 0.4) is 0 Å². The van der Waals surface area contributed by atoms with Crippen molar-refractivity contribution < 1.29 is 0 Å². The van der Waals surface area contributed by atoms with E-state index < -0.39 is 0 Å². The molecule has 0 aromatic carbocycles. The number of hydrogen-bond donors (Lipinski definition) is 1. The largest absolute Gasteiger partial charge is 0.329 e. The Labute approximate surface area is 119 Å². The van der Waals surface area contributed by atoms with Crippen LogP contribution in [-0.4, -0.2) is 54.1 Å². The Bertz CT molecular complexity index is 259. The van der Waals surface area contributed by atoms with Crippen molar-refractivity contribution in [2.24, 2.45) is 5.73 Å². The first-order valence-electron chi connectivity index (χ1n) is 8.41. The van der Waals surface area contributed by atoms with Crippen molar-refractivity contribution >= 4 is 0 Å². The Morgan fingerprint density at radius 1 is 1.11 bits per heavy atom. The van der Waals surface area contributed by atoms with E-state index in [1.165, 1.54) is 71.1 Å². The van der Waals surface area contributed by atoms with E-state index in [4.69, 9.17) is 5.73 Å². The van der Waals surface area contributed by atoms with E-state index in [0.29, 0.717) is 5.54 Å². The van der Waals surface area contributed by atoms with Crippen LogP contribution in [-0.2, 0) is 0 Å². The highest BCUT2D eigenvalue weighted by Gasteiger charge is 2.40. The lowest BCUT2D eigenvalue weighted by Gasteiger charge is -2.50. The zero-order valence-electron chi connectivity index (χ0n) is 13.0. The normalized spacial score (nSPS) is 30.2. The molecule has 19 heavy (non-hydrogen) atoms. The molecule has 2 aliphatic heterocycles. The van der Waals surface area contributed by atoms with Gasteiger partial charge in [0.05, 0.1) is 0 Å². The summed E-state index contributed by atoms with van der Waals surface area (Å²) in [6.45, 7) is 10.6. The van der Waals surface area contributed by atoms with Gasteiger partial charge in [0.25, 0.3) is 0 Å². The highest BCUT2D eigenvalue weighted by molar-refractivity contribution is 4.98. The number of rotatable bonds is 4. The minimum Gasteiger partial charge on any atom is -0.329 e. The Kier molecular flexibility index (Phi) is 5.67. The van der Waals surface area contributed by atoms with Gasteiger partial charge in [-0.3, -0.25) is 4.90 Å². The second-order valence-electron chi connectivity index (χ2n) is 6.66. The molecular weight excluding hydrogens is 234 g/mol. The van der Waals surface area contributed by atoms with E-state index in [2.05, 4.69) is 23.6 Å². The lowest BCUT2D eigenvalue weighted by Crippen LogP contribution is -2.61. The van der Waals surface area contributed by atoms with Crippen molar-refractivity contribution in [2.45, 2.75) is 70.4 Å². The smallest absolute Gasteiger partial charge is 0.0358 e. The van der Waals surface area contributed by atoms with Crippen LogP contribution in [0.25, 0.3) is 0 Å². The fourth-order valence-electron chi connectivity index (χ4n) is 4.10. The molecule has 2 heterocycles. The van der Waals surface area contributed by atoms with Gasteiger partial charge in [-0.1, -0.05) is 19.8 Å². The Morgan fingerprint density at radius 2 is 1.84 bits per heavy atom. The summed E-state index contributed by atoms with van der Waals surface area (Å²) in [6.07, 6.45) is 9.35. The number of hydrogen-bond acceptors (Lipinski definition) is 3. The molecule has 0 aliphatic carbocycles. The zero-order chi connectivity index (χ0) is 13.7. The van der Waals surface area contributed by atoms with E-state index in [-0.39, 0.29) is 0 Å². The van der Waals surface area contributed by atoms with Crippen LogP contribution >= 0.6 is 0 Å². The van der Waals surface area contributed by atoms with E-state index in [1.807, 2.05) is 0 Å². The Hall–Kier alpha value is -0.120. The molecule has 1 unspecified atom stereocenters. The van der Waals surface area contributed by atoms with Crippen LogP contribution in [0.2, 0.25) is 0 Å². The summed E-state index contributed by atoms with van der Waals surface area (Å²) in [5.41, 5.74) is 6.54. The Balaban J connectivity index is 2.01. The maximum atomic E-state index is 6.24. The quantitative estimate of drug-likeness (QED) is 0.849. The number of nitrogens with two attached hydrogens (primary N) is 1. The van der Waals surface area contributed by atoms with Crippen molar-refractivity contribution in [3.05, 3.63) is 0 Å². The van der Waals surface area contributed by atoms with E-state index in [9.17, 15) is 0 Å². The summed E-state index contributed by atoms with van der Waals surface area (Å²) < 4.78 is 0. The minimum atomic E-state index is 0.300. The van der Waals surface area contributed by atoms with Gasteiger partial charge in [0.15, 0.2) is 0 Å². The molecule has 2 N–H and O–H groups in total. The van der Waals surface area contributed by atoms with Gasteiger partial charge in [0.1, 0.15) is 0 Å². The second kappa shape index (κ2) is 7.05. The van der Waals surface area contributed by atoms with Crippen LogP contribution in [0.5, 0.6) is 0 Å². The van der Waals surface area contributed by atoms with Crippen LogP contribution in [0.15, 0.2) is 0 Å². The van der Waals surface area contributed by atoms with Crippen molar-refractivity contribution in [1.29, 1.82) is 0 Å². The average Bonchev–Trinajstić information content (AvgIpc) is 2.65. The first-order valence-corrected chi connectivity index (χ1v) is 8.41. The van der Waals surface area contributed by atoms with E-state index >= 15 is 0 Å². The number of nitrogens with zero attached hydrogens (tertiary/aromatic N) is 2. The molecule has 0 radical (unpaired) electrons. The van der Waals surface area contributed by atoms with Crippen LogP contribution in [0.1, 0.15) is 58.8 Å². The molecule has 2 aliphatic rings. The van der Waals surface area contributed by atoms with Crippen LogP contribution in [0.4, 0.5) is 0 Å². The van der Waals surface area contributed by atoms with Gasteiger partial charge in [0, 0.05) is 18.1 Å². The van der Waals surface area contributed by atoms with Crippen molar-refractivity contribution in [2.75, 3.05) is 32.7 Å². The van der Waals surface area contributed by atoms with E-state index in [0.717, 1.165) is 12.6 Å². The predicted octanol–water partition coefficient (Wildman–Crippen LogP) is 2.45. The summed E-state index contributed by atoms with van der Waals surface area (Å²) in [4.78, 5) is 5.40. The maximum absolute atomic E-state index is 6.24. The molecule has 0 bridgehead atoms.